The average Bonchev–Trinajstić information content (AvgIpc) is 2.61. The molecule has 1 fully saturated rings. The van der Waals surface area contributed by atoms with Crippen LogP contribution >= 0.6 is 0 Å². The Balaban J connectivity index is 2.23. The Morgan fingerprint density at radius 1 is 1.47 bits per heavy atom. The third kappa shape index (κ3) is 2.80. The van der Waals surface area contributed by atoms with Crippen molar-refractivity contribution in [2.24, 2.45) is 5.73 Å². The number of alkyl halides is 3. The summed E-state index contributed by atoms with van der Waals surface area (Å²) in [5.74, 6) is -1.21. The minimum Gasteiger partial charge on any atom is -0.361 e. The van der Waals surface area contributed by atoms with E-state index in [0.717, 1.165) is 19.3 Å². The fourth-order valence-corrected chi connectivity index (χ4v) is 2.30. The highest BCUT2D eigenvalue weighted by atomic mass is 19.4. The third-order valence-corrected chi connectivity index (χ3v) is 3.60. The van der Waals surface area contributed by atoms with E-state index in [1.54, 1.807) is 0 Å². The lowest BCUT2D eigenvalue weighted by Gasteiger charge is -2.31. The van der Waals surface area contributed by atoms with Gasteiger partial charge in [0.05, 0.1) is 11.1 Å². The molecule has 1 aromatic rings. The minimum atomic E-state index is -4.60. The van der Waals surface area contributed by atoms with E-state index < -0.39 is 23.1 Å². The quantitative estimate of drug-likeness (QED) is 0.817. The van der Waals surface area contributed by atoms with Crippen molar-refractivity contribution in [1.29, 1.82) is 0 Å². The molecule has 3 N–H and O–H groups in total. The molecule has 0 aromatic carbocycles. The first-order valence-corrected chi connectivity index (χ1v) is 5.99. The number of nitrogens with one attached hydrogen (secondary N) is 1. The molecular formula is C12H15F4N3. The van der Waals surface area contributed by atoms with Crippen LogP contribution in [0, 0.1) is 5.82 Å². The summed E-state index contributed by atoms with van der Waals surface area (Å²) in [6.45, 7) is 1.82. The fourth-order valence-electron chi connectivity index (χ4n) is 2.30. The Labute approximate surface area is 108 Å². The number of hydrogen-bond donors (Lipinski definition) is 2. The maximum Gasteiger partial charge on any atom is 0.417 e. The van der Waals surface area contributed by atoms with Gasteiger partial charge in [0.25, 0.3) is 0 Å². The summed E-state index contributed by atoms with van der Waals surface area (Å²) in [5, 5.41) is 2.84. The summed E-state index contributed by atoms with van der Waals surface area (Å²) in [4.78, 5) is 3.53. The Kier molecular flexibility index (Phi) is 3.42. The van der Waals surface area contributed by atoms with Gasteiger partial charge in [0, 0.05) is 12.2 Å². The number of nitrogens with two attached hydrogens (primary N) is 1. The smallest absolute Gasteiger partial charge is 0.361 e. The van der Waals surface area contributed by atoms with Crippen molar-refractivity contribution in [3.8, 4) is 0 Å². The van der Waals surface area contributed by atoms with Crippen LogP contribution in [0.2, 0.25) is 0 Å². The van der Waals surface area contributed by atoms with Crippen molar-refractivity contribution < 1.29 is 17.6 Å². The highest BCUT2D eigenvalue weighted by molar-refractivity contribution is 5.42. The maximum absolute atomic E-state index is 13.7. The normalized spacial score (nSPS) is 27.6. The summed E-state index contributed by atoms with van der Waals surface area (Å²) < 4.78 is 50.8. The van der Waals surface area contributed by atoms with Gasteiger partial charge in [0.2, 0.25) is 0 Å². The number of pyridine rings is 1. The molecule has 2 unspecified atom stereocenters. The van der Waals surface area contributed by atoms with E-state index in [9.17, 15) is 17.6 Å². The maximum atomic E-state index is 13.7. The van der Waals surface area contributed by atoms with Gasteiger partial charge in [-0.05, 0) is 32.3 Å². The largest absolute Gasteiger partial charge is 0.417 e. The molecule has 0 aliphatic heterocycles. The standard InChI is InChI=1S/C12H15F4N3/c1-11(4-2-3-9(11)17)19-10-8(13)5-7(6-18-10)12(14,15)16/h5-6,9H,2-4,17H2,1H3,(H,18,19). The van der Waals surface area contributed by atoms with Gasteiger partial charge >= 0.3 is 6.18 Å². The van der Waals surface area contributed by atoms with Crippen molar-refractivity contribution in [3.05, 3.63) is 23.6 Å². The molecule has 7 heteroatoms. The van der Waals surface area contributed by atoms with E-state index in [4.69, 9.17) is 5.73 Å². The molecule has 2 atom stereocenters. The number of halogens is 4. The second-order valence-corrected chi connectivity index (χ2v) is 5.09. The molecule has 0 spiro atoms. The van der Waals surface area contributed by atoms with Crippen LogP contribution in [0.5, 0.6) is 0 Å². The molecule has 106 valence electrons. The molecule has 0 bridgehead atoms. The van der Waals surface area contributed by atoms with Gasteiger partial charge in [-0.25, -0.2) is 9.37 Å². The zero-order chi connectivity index (χ0) is 14.3. The first-order valence-electron chi connectivity index (χ1n) is 5.99. The minimum absolute atomic E-state index is 0.170. The Hall–Kier alpha value is -1.37. The lowest BCUT2D eigenvalue weighted by atomic mass is 9.96. The molecule has 0 amide bonds. The summed E-state index contributed by atoms with van der Waals surface area (Å²) in [6, 6.07) is 0.273. The van der Waals surface area contributed by atoms with E-state index in [2.05, 4.69) is 10.3 Å². The number of anilines is 1. The number of rotatable bonds is 2. The molecule has 1 aromatic heterocycles. The second-order valence-electron chi connectivity index (χ2n) is 5.09. The van der Waals surface area contributed by atoms with Crippen molar-refractivity contribution in [2.45, 2.75) is 43.9 Å². The van der Waals surface area contributed by atoms with E-state index in [0.29, 0.717) is 12.3 Å². The van der Waals surface area contributed by atoms with E-state index in [1.165, 1.54) is 0 Å². The number of hydrogen-bond acceptors (Lipinski definition) is 3. The third-order valence-electron chi connectivity index (χ3n) is 3.60. The average molecular weight is 277 g/mol. The Morgan fingerprint density at radius 2 is 2.16 bits per heavy atom. The molecule has 1 aliphatic carbocycles. The molecular weight excluding hydrogens is 262 g/mol. The molecule has 2 rings (SSSR count). The summed E-state index contributed by atoms with van der Waals surface area (Å²) >= 11 is 0. The molecule has 1 saturated carbocycles. The van der Waals surface area contributed by atoms with Gasteiger partial charge in [0.15, 0.2) is 11.6 Å². The van der Waals surface area contributed by atoms with Crippen LogP contribution in [0.3, 0.4) is 0 Å². The van der Waals surface area contributed by atoms with Crippen LogP contribution in [-0.4, -0.2) is 16.6 Å². The molecule has 19 heavy (non-hydrogen) atoms. The predicted octanol–water partition coefficient (Wildman–Crippen LogP) is 2.92. The molecule has 0 saturated heterocycles. The van der Waals surface area contributed by atoms with E-state index >= 15 is 0 Å². The first-order chi connectivity index (χ1) is 8.72. The number of aromatic nitrogens is 1. The summed E-state index contributed by atoms with van der Waals surface area (Å²) in [7, 11) is 0. The SMILES string of the molecule is CC1(Nc2ncc(C(F)(F)F)cc2F)CCCC1N. The predicted molar refractivity (Wildman–Crippen MR) is 63.1 cm³/mol. The van der Waals surface area contributed by atoms with Crippen molar-refractivity contribution >= 4 is 5.82 Å². The molecule has 0 radical (unpaired) electrons. The lowest BCUT2D eigenvalue weighted by Crippen LogP contribution is -2.47. The van der Waals surface area contributed by atoms with Crippen LogP contribution in [0.15, 0.2) is 12.3 Å². The van der Waals surface area contributed by atoms with Gasteiger partial charge in [-0.2, -0.15) is 13.2 Å². The lowest BCUT2D eigenvalue weighted by molar-refractivity contribution is -0.138. The Morgan fingerprint density at radius 3 is 2.63 bits per heavy atom. The number of nitrogens with zero attached hydrogens (tertiary/aromatic N) is 1. The molecule has 1 heterocycles. The van der Waals surface area contributed by atoms with Gasteiger partial charge in [-0.3, -0.25) is 0 Å². The van der Waals surface area contributed by atoms with Gasteiger partial charge < -0.3 is 11.1 Å². The topological polar surface area (TPSA) is 50.9 Å². The van der Waals surface area contributed by atoms with Crippen LogP contribution in [0.25, 0.3) is 0 Å². The van der Waals surface area contributed by atoms with Gasteiger partial charge in [0.1, 0.15) is 0 Å². The summed E-state index contributed by atoms with van der Waals surface area (Å²) in [5.41, 5.74) is 4.28. The van der Waals surface area contributed by atoms with Gasteiger partial charge in [-0.1, -0.05) is 0 Å². The highest BCUT2D eigenvalue weighted by Gasteiger charge is 2.38. The van der Waals surface area contributed by atoms with Crippen molar-refractivity contribution in [1.82, 2.24) is 4.98 Å². The van der Waals surface area contributed by atoms with Crippen LogP contribution in [0.1, 0.15) is 31.7 Å². The second kappa shape index (κ2) is 4.63. The van der Waals surface area contributed by atoms with Crippen LogP contribution in [-0.2, 0) is 6.18 Å². The van der Waals surface area contributed by atoms with E-state index in [1.807, 2.05) is 6.92 Å². The molecule has 1 aliphatic rings. The first kappa shape index (κ1) is 14.0. The van der Waals surface area contributed by atoms with Crippen LogP contribution < -0.4 is 11.1 Å². The van der Waals surface area contributed by atoms with Gasteiger partial charge in [-0.15, -0.1) is 0 Å². The van der Waals surface area contributed by atoms with E-state index in [-0.39, 0.29) is 11.9 Å². The zero-order valence-electron chi connectivity index (χ0n) is 10.4. The zero-order valence-corrected chi connectivity index (χ0v) is 10.4. The summed E-state index contributed by atoms with van der Waals surface area (Å²) in [6.07, 6.45) is -1.55. The fraction of sp³-hybridized carbons (Fsp3) is 0.583. The van der Waals surface area contributed by atoms with Crippen molar-refractivity contribution in [2.75, 3.05) is 5.32 Å². The Bertz CT molecular complexity index is 475. The van der Waals surface area contributed by atoms with Crippen LogP contribution in [0.4, 0.5) is 23.4 Å². The molecule has 3 nitrogen and oxygen atoms in total. The monoisotopic (exact) mass is 277 g/mol. The highest BCUT2D eigenvalue weighted by Crippen LogP contribution is 2.34. The van der Waals surface area contributed by atoms with Crippen molar-refractivity contribution in [3.63, 3.8) is 0 Å².